The zero-order valence-corrected chi connectivity index (χ0v) is 16.1. The van der Waals surface area contributed by atoms with E-state index >= 15 is 0 Å². The van der Waals surface area contributed by atoms with E-state index in [9.17, 15) is 4.79 Å². The molecular weight excluding hydrogens is 381 g/mol. The van der Waals surface area contributed by atoms with Crippen LogP contribution in [0.25, 0.3) is 0 Å². The Balaban J connectivity index is 1.92. The lowest BCUT2D eigenvalue weighted by Crippen LogP contribution is -2.30. The molecule has 0 aromatic heterocycles. The fourth-order valence-corrected chi connectivity index (χ4v) is 4.25. The van der Waals surface area contributed by atoms with Crippen molar-refractivity contribution in [3.8, 4) is 11.5 Å². The number of hydrogen-bond acceptors (Lipinski definition) is 4. The van der Waals surface area contributed by atoms with Crippen molar-refractivity contribution in [2.24, 2.45) is 0 Å². The average molecular weight is 398 g/mol. The van der Waals surface area contributed by atoms with E-state index in [-0.39, 0.29) is 11.3 Å². The second kappa shape index (κ2) is 7.77. The van der Waals surface area contributed by atoms with Crippen molar-refractivity contribution in [3.05, 3.63) is 57.6 Å². The quantitative estimate of drug-likeness (QED) is 0.735. The third kappa shape index (κ3) is 3.84. The smallest absolute Gasteiger partial charge is 0.255 e. The van der Waals surface area contributed by atoms with Crippen LogP contribution in [0.3, 0.4) is 0 Å². The third-order valence-electron chi connectivity index (χ3n) is 3.98. The molecule has 1 fully saturated rings. The molecule has 1 aliphatic heterocycles. The number of rotatable bonds is 4. The number of carbonyl (C=O) groups is 1. The van der Waals surface area contributed by atoms with Gasteiger partial charge in [-0.2, -0.15) is 0 Å². The first kappa shape index (κ1) is 18.2. The van der Waals surface area contributed by atoms with Crippen LogP contribution in [0.1, 0.15) is 21.3 Å². The predicted molar refractivity (Wildman–Crippen MR) is 102 cm³/mol. The number of methoxy groups -OCH3 is 2. The van der Waals surface area contributed by atoms with E-state index in [2.05, 4.69) is 0 Å². The Labute approximate surface area is 161 Å². The summed E-state index contributed by atoms with van der Waals surface area (Å²) < 4.78 is 10.7. The van der Waals surface area contributed by atoms with Crippen LogP contribution >= 0.6 is 35.0 Å². The normalized spacial score (nSPS) is 16.8. The molecule has 0 aliphatic carbocycles. The molecule has 7 heteroatoms. The first-order valence-electron chi connectivity index (χ1n) is 7.64. The molecule has 3 rings (SSSR count). The molecule has 4 nitrogen and oxygen atoms in total. The minimum Gasteiger partial charge on any atom is -0.497 e. The summed E-state index contributed by atoms with van der Waals surface area (Å²) in [6, 6.07) is 10.6. The van der Waals surface area contributed by atoms with Gasteiger partial charge in [0.05, 0.1) is 24.3 Å². The Hall–Kier alpha value is -1.56. The van der Waals surface area contributed by atoms with Crippen molar-refractivity contribution < 1.29 is 14.3 Å². The maximum Gasteiger partial charge on any atom is 0.255 e. The summed E-state index contributed by atoms with van der Waals surface area (Å²) in [4.78, 5) is 14.8. The van der Waals surface area contributed by atoms with Crippen molar-refractivity contribution in [1.82, 2.24) is 4.90 Å². The van der Waals surface area contributed by atoms with Crippen LogP contribution in [-0.4, -0.2) is 37.3 Å². The molecule has 2 aromatic carbocycles. The summed E-state index contributed by atoms with van der Waals surface area (Å²) in [6.45, 7) is 0.661. The van der Waals surface area contributed by atoms with E-state index in [0.717, 1.165) is 11.3 Å². The van der Waals surface area contributed by atoms with Gasteiger partial charge >= 0.3 is 0 Å². The predicted octanol–water partition coefficient (Wildman–Crippen LogP) is 4.90. The zero-order valence-electron chi connectivity index (χ0n) is 13.8. The van der Waals surface area contributed by atoms with Crippen molar-refractivity contribution in [2.45, 2.75) is 5.37 Å². The van der Waals surface area contributed by atoms with Crippen LogP contribution < -0.4 is 9.47 Å². The average Bonchev–Trinajstić information content (AvgIpc) is 3.12. The summed E-state index contributed by atoms with van der Waals surface area (Å²) in [5, 5.41) is 0.702. The van der Waals surface area contributed by atoms with Gasteiger partial charge in [0.1, 0.15) is 16.9 Å². The highest BCUT2D eigenvalue weighted by Crippen LogP contribution is 2.41. The van der Waals surface area contributed by atoms with Gasteiger partial charge in [0, 0.05) is 23.9 Å². The van der Waals surface area contributed by atoms with Crippen molar-refractivity contribution in [2.75, 3.05) is 26.5 Å². The van der Waals surface area contributed by atoms with Gasteiger partial charge in [-0.3, -0.25) is 4.79 Å². The van der Waals surface area contributed by atoms with E-state index in [0.29, 0.717) is 33.7 Å². The molecule has 1 atom stereocenters. The molecule has 2 aromatic rings. The van der Waals surface area contributed by atoms with Gasteiger partial charge in [0.2, 0.25) is 0 Å². The van der Waals surface area contributed by atoms with E-state index in [1.807, 2.05) is 23.1 Å². The van der Waals surface area contributed by atoms with Gasteiger partial charge in [-0.25, -0.2) is 0 Å². The van der Waals surface area contributed by atoms with Crippen LogP contribution in [-0.2, 0) is 0 Å². The first-order valence-corrected chi connectivity index (χ1v) is 9.44. The monoisotopic (exact) mass is 397 g/mol. The summed E-state index contributed by atoms with van der Waals surface area (Å²) in [6.07, 6.45) is 0. The summed E-state index contributed by atoms with van der Waals surface area (Å²) in [5.41, 5.74) is 1.49. The second-order valence-corrected chi connectivity index (χ2v) is 7.50. The van der Waals surface area contributed by atoms with E-state index in [4.69, 9.17) is 32.7 Å². The number of benzene rings is 2. The minimum atomic E-state index is -0.106. The summed E-state index contributed by atoms with van der Waals surface area (Å²) in [5.74, 6) is 2.18. The second-order valence-electron chi connectivity index (χ2n) is 5.50. The van der Waals surface area contributed by atoms with E-state index in [1.165, 1.54) is 0 Å². The number of amides is 1. The fourth-order valence-electron chi connectivity index (χ4n) is 2.72. The molecule has 0 bridgehead atoms. The van der Waals surface area contributed by atoms with Crippen molar-refractivity contribution >= 4 is 40.9 Å². The molecule has 1 unspecified atom stereocenters. The standard InChI is InChI=1S/C18H17Cl2NO3S/c1-23-13-7-12(8-14(10-13)24-2)18-21(5-6-25-18)17(22)11-3-4-15(19)16(20)9-11/h3-4,7-10,18H,5-6H2,1-2H3. The molecule has 132 valence electrons. The highest BCUT2D eigenvalue weighted by atomic mass is 35.5. The highest BCUT2D eigenvalue weighted by molar-refractivity contribution is 7.99. The molecule has 1 heterocycles. The number of carbonyl (C=O) groups excluding carboxylic acids is 1. The van der Waals surface area contributed by atoms with Crippen molar-refractivity contribution in [1.29, 1.82) is 0 Å². The molecule has 0 saturated carbocycles. The van der Waals surface area contributed by atoms with Gasteiger partial charge in [-0.05, 0) is 35.9 Å². The van der Waals surface area contributed by atoms with Gasteiger partial charge in [-0.15, -0.1) is 11.8 Å². The molecule has 1 amide bonds. The fraction of sp³-hybridized carbons (Fsp3) is 0.278. The number of ether oxygens (including phenoxy) is 2. The number of thioether (sulfide) groups is 1. The van der Waals surface area contributed by atoms with Crippen LogP contribution in [0.5, 0.6) is 11.5 Å². The largest absolute Gasteiger partial charge is 0.497 e. The third-order valence-corrected chi connectivity index (χ3v) is 5.98. The van der Waals surface area contributed by atoms with Crippen LogP contribution in [0, 0.1) is 0 Å². The summed E-state index contributed by atoms with van der Waals surface area (Å²) in [7, 11) is 3.22. The topological polar surface area (TPSA) is 38.8 Å². The SMILES string of the molecule is COc1cc(OC)cc(C2SCCN2C(=O)c2ccc(Cl)c(Cl)c2)c1. The lowest BCUT2D eigenvalue weighted by molar-refractivity contribution is 0.0760. The molecule has 25 heavy (non-hydrogen) atoms. The Bertz CT molecular complexity index is 778. The maximum atomic E-state index is 13.0. The first-order chi connectivity index (χ1) is 12.0. The van der Waals surface area contributed by atoms with Gasteiger partial charge in [0.25, 0.3) is 5.91 Å². The molecule has 1 saturated heterocycles. The van der Waals surface area contributed by atoms with Crippen LogP contribution in [0.2, 0.25) is 10.0 Å². The minimum absolute atomic E-state index is 0.0737. The Morgan fingerprint density at radius 3 is 2.36 bits per heavy atom. The van der Waals surface area contributed by atoms with Crippen LogP contribution in [0.15, 0.2) is 36.4 Å². The number of hydrogen-bond donors (Lipinski definition) is 0. The lowest BCUT2D eigenvalue weighted by atomic mass is 10.1. The van der Waals surface area contributed by atoms with Gasteiger partial charge in [-0.1, -0.05) is 23.2 Å². The number of halogens is 2. The van der Waals surface area contributed by atoms with Gasteiger partial charge < -0.3 is 14.4 Å². The van der Waals surface area contributed by atoms with Gasteiger partial charge in [0.15, 0.2) is 0 Å². The van der Waals surface area contributed by atoms with Crippen LogP contribution in [0.4, 0.5) is 0 Å². The Kier molecular flexibility index (Phi) is 5.67. The Morgan fingerprint density at radius 2 is 1.76 bits per heavy atom. The highest BCUT2D eigenvalue weighted by Gasteiger charge is 2.32. The zero-order chi connectivity index (χ0) is 18.0. The molecular formula is C18H17Cl2NO3S. The maximum absolute atomic E-state index is 13.0. The molecule has 0 spiro atoms. The lowest BCUT2D eigenvalue weighted by Gasteiger charge is -2.25. The molecule has 0 radical (unpaired) electrons. The van der Waals surface area contributed by atoms with E-state index < -0.39 is 0 Å². The number of nitrogens with zero attached hydrogens (tertiary/aromatic N) is 1. The summed E-state index contributed by atoms with van der Waals surface area (Å²) >= 11 is 13.7. The van der Waals surface area contributed by atoms with E-state index in [1.54, 1.807) is 44.2 Å². The molecule has 1 aliphatic rings. The van der Waals surface area contributed by atoms with Crippen molar-refractivity contribution in [3.63, 3.8) is 0 Å². The Morgan fingerprint density at radius 1 is 1.08 bits per heavy atom. The molecule has 0 N–H and O–H groups in total.